The van der Waals surface area contributed by atoms with Crippen LogP contribution in [-0.2, 0) is 23.9 Å². The Morgan fingerprint density at radius 2 is 1.67 bits per heavy atom. The molecule has 24 heavy (non-hydrogen) atoms. The number of hydrogen-bond acceptors (Lipinski definition) is 6. The van der Waals surface area contributed by atoms with Gasteiger partial charge in [0.25, 0.3) is 0 Å². The number of aliphatic hydroxyl groups is 1. The van der Waals surface area contributed by atoms with Crippen LogP contribution in [0.15, 0.2) is 24.3 Å². The number of esters is 2. The molecule has 0 aromatic heterocycles. The second-order valence-electron chi connectivity index (χ2n) is 6.44. The van der Waals surface area contributed by atoms with Crippen molar-refractivity contribution in [2.45, 2.75) is 31.8 Å². The van der Waals surface area contributed by atoms with Gasteiger partial charge >= 0.3 is 11.9 Å². The Bertz CT molecular complexity index is 646. The summed E-state index contributed by atoms with van der Waals surface area (Å²) in [4.78, 5) is 37.1. The standard InChI is InChI=1S/C18H22O6/c1-10-5-7-11(8-6-10)13-14(16(20)23-3)12(19)9-18(2,22)15(13)17(21)24-4/h5-8,13-15,22H,9H2,1-4H3/t13-,14-,15-,18+/m0/s1. The van der Waals surface area contributed by atoms with Crippen molar-refractivity contribution in [2.24, 2.45) is 11.8 Å². The predicted molar refractivity (Wildman–Crippen MR) is 85.2 cm³/mol. The third-order valence-corrected chi connectivity index (χ3v) is 4.64. The van der Waals surface area contributed by atoms with Crippen LogP contribution in [0.25, 0.3) is 0 Å². The summed E-state index contributed by atoms with van der Waals surface area (Å²) in [5.74, 6) is -4.87. The zero-order chi connectivity index (χ0) is 18.1. The third-order valence-electron chi connectivity index (χ3n) is 4.64. The van der Waals surface area contributed by atoms with Crippen LogP contribution in [-0.4, -0.2) is 42.6 Å². The molecular formula is C18H22O6. The average molecular weight is 334 g/mol. The summed E-state index contributed by atoms with van der Waals surface area (Å²) in [5, 5.41) is 10.7. The summed E-state index contributed by atoms with van der Waals surface area (Å²) in [6, 6.07) is 7.15. The molecule has 1 N–H and O–H groups in total. The molecule has 0 radical (unpaired) electrons. The first-order valence-corrected chi connectivity index (χ1v) is 7.70. The van der Waals surface area contributed by atoms with E-state index in [1.165, 1.54) is 21.1 Å². The van der Waals surface area contributed by atoms with E-state index in [0.29, 0.717) is 5.56 Å². The van der Waals surface area contributed by atoms with Crippen molar-refractivity contribution in [3.63, 3.8) is 0 Å². The van der Waals surface area contributed by atoms with Crippen molar-refractivity contribution in [3.05, 3.63) is 35.4 Å². The lowest BCUT2D eigenvalue weighted by Crippen LogP contribution is -2.55. The van der Waals surface area contributed by atoms with E-state index in [1.807, 2.05) is 19.1 Å². The molecule has 1 fully saturated rings. The molecule has 0 amide bonds. The van der Waals surface area contributed by atoms with Crippen LogP contribution in [0.5, 0.6) is 0 Å². The first-order chi connectivity index (χ1) is 11.2. The highest BCUT2D eigenvalue weighted by molar-refractivity contribution is 6.02. The quantitative estimate of drug-likeness (QED) is 0.663. The van der Waals surface area contributed by atoms with Gasteiger partial charge in [-0.2, -0.15) is 0 Å². The molecule has 1 aliphatic carbocycles. The van der Waals surface area contributed by atoms with Gasteiger partial charge < -0.3 is 14.6 Å². The average Bonchev–Trinajstić information content (AvgIpc) is 2.53. The van der Waals surface area contributed by atoms with Crippen LogP contribution >= 0.6 is 0 Å². The second kappa shape index (κ2) is 6.73. The number of carbonyl (C=O) groups is 3. The topological polar surface area (TPSA) is 89.9 Å². The van der Waals surface area contributed by atoms with Crippen molar-refractivity contribution < 1.29 is 29.0 Å². The van der Waals surface area contributed by atoms with Gasteiger partial charge in [-0.25, -0.2) is 0 Å². The summed E-state index contributed by atoms with van der Waals surface area (Å²) in [5.41, 5.74) is 0.00108. The molecule has 1 aromatic rings. The minimum absolute atomic E-state index is 0.311. The van der Waals surface area contributed by atoms with Crippen LogP contribution in [0.2, 0.25) is 0 Å². The molecular weight excluding hydrogens is 312 g/mol. The summed E-state index contributed by atoms with van der Waals surface area (Å²) in [6.07, 6.45) is -0.311. The number of hydrogen-bond donors (Lipinski definition) is 1. The van der Waals surface area contributed by atoms with Gasteiger partial charge in [0.05, 0.1) is 25.7 Å². The molecule has 0 spiro atoms. The van der Waals surface area contributed by atoms with Gasteiger partial charge in [0.1, 0.15) is 5.92 Å². The lowest BCUT2D eigenvalue weighted by atomic mass is 9.61. The fourth-order valence-electron chi connectivity index (χ4n) is 3.46. The lowest BCUT2D eigenvalue weighted by Gasteiger charge is -2.43. The Hall–Kier alpha value is -2.21. The molecule has 6 nitrogen and oxygen atoms in total. The monoisotopic (exact) mass is 334 g/mol. The maximum atomic E-state index is 12.5. The summed E-state index contributed by atoms with van der Waals surface area (Å²) < 4.78 is 9.61. The van der Waals surface area contributed by atoms with Gasteiger partial charge in [-0.15, -0.1) is 0 Å². The first-order valence-electron chi connectivity index (χ1n) is 7.70. The molecule has 0 heterocycles. The summed E-state index contributed by atoms with van der Waals surface area (Å²) in [6.45, 7) is 3.32. The summed E-state index contributed by atoms with van der Waals surface area (Å²) >= 11 is 0. The fraction of sp³-hybridized carbons (Fsp3) is 0.500. The highest BCUT2D eigenvalue weighted by Gasteiger charge is 2.56. The zero-order valence-corrected chi connectivity index (χ0v) is 14.2. The number of carbonyl (C=O) groups excluding carboxylic acids is 3. The van der Waals surface area contributed by atoms with Crippen LogP contribution in [0.3, 0.4) is 0 Å². The first kappa shape index (κ1) is 18.1. The van der Waals surface area contributed by atoms with Crippen LogP contribution in [0, 0.1) is 18.8 Å². The molecule has 2 rings (SSSR count). The number of rotatable bonds is 3. The molecule has 6 heteroatoms. The Kier molecular flexibility index (Phi) is 5.08. The lowest BCUT2D eigenvalue weighted by molar-refractivity contribution is -0.170. The molecule has 130 valence electrons. The molecule has 1 aliphatic rings. The maximum absolute atomic E-state index is 12.5. The van der Waals surface area contributed by atoms with Crippen molar-refractivity contribution in [1.29, 1.82) is 0 Å². The van der Waals surface area contributed by atoms with Crippen LogP contribution < -0.4 is 0 Å². The molecule has 1 aromatic carbocycles. The number of ether oxygens (including phenoxy) is 2. The second-order valence-corrected chi connectivity index (χ2v) is 6.44. The predicted octanol–water partition coefficient (Wildman–Crippen LogP) is 1.38. The fourth-order valence-corrected chi connectivity index (χ4v) is 3.46. The van der Waals surface area contributed by atoms with Crippen molar-refractivity contribution in [3.8, 4) is 0 Å². The molecule has 0 aliphatic heterocycles. The normalized spacial score (nSPS) is 29.9. The maximum Gasteiger partial charge on any atom is 0.316 e. The number of Topliss-reactive ketones (excluding diaryl/α,β-unsaturated/α-hetero) is 1. The van der Waals surface area contributed by atoms with Gasteiger partial charge in [-0.3, -0.25) is 14.4 Å². The van der Waals surface area contributed by atoms with E-state index in [-0.39, 0.29) is 6.42 Å². The van der Waals surface area contributed by atoms with Gasteiger partial charge in [-0.1, -0.05) is 29.8 Å². The minimum atomic E-state index is -1.61. The molecule has 1 saturated carbocycles. The molecule has 4 atom stereocenters. The van der Waals surface area contributed by atoms with E-state index < -0.39 is 41.1 Å². The zero-order valence-electron chi connectivity index (χ0n) is 14.2. The van der Waals surface area contributed by atoms with E-state index in [4.69, 9.17) is 9.47 Å². The van der Waals surface area contributed by atoms with Crippen LogP contribution in [0.1, 0.15) is 30.4 Å². The Balaban J connectivity index is 2.63. The SMILES string of the molecule is COC(=O)[C@H]1C(=O)C[C@@](C)(O)[C@H](C(=O)OC)[C@H]1c1ccc(C)cc1. The Morgan fingerprint density at radius 3 is 2.17 bits per heavy atom. The Morgan fingerprint density at radius 1 is 1.12 bits per heavy atom. The van der Waals surface area contributed by atoms with Gasteiger partial charge in [0.15, 0.2) is 5.78 Å². The molecule has 0 bridgehead atoms. The van der Waals surface area contributed by atoms with Crippen molar-refractivity contribution >= 4 is 17.7 Å². The van der Waals surface area contributed by atoms with E-state index in [1.54, 1.807) is 12.1 Å². The summed E-state index contributed by atoms with van der Waals surface area (Å²) in [7, 11) is 2.41. The van der Waals surface area contributed by atoms with E-state index in [2.05, 4.69) is 0 Å². The minimum Gasteiger partial charge on any atom is -0.469 e. The third kappa shape index (κ3) is 3.19. The van der Waals surface area contributed by atoms with E-state index in [9.17, 15) is 19.5 Å². The van der Waals surface area contributed by atoms with Gasteiger partial charge in [0, 0.05) is 12.3 Å². The largest absolute Gasteiger partial charge is 0.469 e. The number of methoxy groups -OCH3 is 2. The smallest absolute Gasteiger partial charge is 0.316 e. The number of benzene rings is 1. The van der Waals surface area contributed by atoms with E-state index >= 15 is 0 Å². The van der Waals surface area contributed by atoms with Gasteiger partial charge in [0.2, 0.25) is 0 Å². The van der Waals surface area contributed by atoms with E-state index in [0.717, 1.165) is 5.56 Å². The molecule has 0 unspecified atom stereocenters. The van der Waals surface area contributed by atoms with Crippen molar-refractivity contribution in [2.75, 3.05) is 14.2 Å². The number of ketones is 1. The highest BCUT2D eigenvalue weighted by Crippen LogP contribution is 2.46. The number of aryl methyl sites for hydroxylation is 1. The van der Waals surface area contributed by atoms with Crippen molar-refractivity contribution in [1.82, 2.24) is 0 Å². The van der Waals surface area contributed by atoms with Crippen LogP contribution in [0.4, 0.5) is 0 Å². The van der Waals surface area contributed by atoms with Gasteiger partial charge in [-0.05, 0) is 19.4 Å². The molecule has 0 saturated heterocycles. The Labute approximate surface area is 140 Å². The highest BCUT2D eigenvalue weighted by atomic mass is 16.5.